The first-order valence-electron chi connectivity index (χ1n) is 10.7. The quantitative estimate of drug-likeness (QED) is 0.304. The number of nitrogens with one attached hydrogen (secondary N) is 1. The van der Waals surface area contributed by atoms with Crippen LogP contribution in [0.3, 0.4) is 0 Å². The Balaban J connectivity index is 1.46. The first-order valence-corrected chi connectivity index (χ1v) is 11.1. The average molecular weight is 474 g/mol. The summed E-state index contributed by atoms with van der Waals surface area (Å²) in [7, 11) is 3.13. The van der Waals surface area contributed by atoms with Crippen molar-refractivity contribution in [3.05, 3.63) is 107 Å². The third-order valence-electron chi connectivity index (χ3n) is 5.31. The van der Waals surface area contributed by atoms with E-state index in [0.29, 0.717) is 27.8 Å². The Morgan fingerprint density at radius 2 is 1.47 bits per heavy atom. The number of carbonyl (C=O) groups is 1. The second-order valence-corrected chi connectivity index (χ2v) is 7.92. The highest BCUT2D eigenvalue weighted by molar-refractivity contribution is 6.32. The fraction of sp³-hybridized carbons (Fsp3) is 0.107. The first-order chi connectivity index (χ1) is 16.6. The molecule has 1 amide bonds. The highest BCUT2D eigenvalue weighted by atomic mass is 35.5. The Kier molecular flexibility index (Phi) is 7.35. The number of methoxy groups -OCH3 is 2. The smallest absolute Gasteiger partial charge is 0.255 e. The number of hydrogen-bond donors (Lipinski definition) is 1. The number of rotatable bonds is 8. The molecule has 0 unspecified atom stereocenters. The van der Waals surface area contributed by atoms with Crippen LogP contribution in [0, 0.1) is 0 Å². The molecule has 0 aromatic heterocycles. The minimum absolute atomic E-state index is 0.253. The van der Waals surface area contributed by atoms with Crippen LogP contribution in [0.2, 0.25) is 5.02 Å². The Labute approximate surface area is 203 Å². The molecule has 0 aliphatic heterocycles. The van der Waals surface area contributed by atoms with Crippen molar-refractivity contribution in [3.8, 4) is 28.4 Å². The molecule has 0 bridgehead atoms. The molecule has 4 aromatic rings. The Morgan fingerprint density at radius 3 is 2.15 bits per heavy atom. The minimum Gasteiger partial charge on any atom is -0.496 e. The Hall–Kier alpha value is -3.96. The molecule has 6 heteroatoms. The summed E-state index contributed by atoms with van der Waals surface area (Å²) >= 11 is 6.16. The van der Waals surface area contributed by atoms with Gasteiger partial charge in [-0.05, 0) is 59.7 Å². The van der Waals surface area contributed by atoms with Gasteiger partial charge in [-0.3, -0.25) is 4.79 Å². The van der Waals surface area contributed by atoms with E-state index < -0.39 is 0 Å². The van der Waals surface area contributed by atoms with Crippen LogP contribution >= 0.6 is 11.6 Å². The topological polar surface area (TPSA) is 56.8 Å². The molecule has 0 spiro atoms. The summed E-state index contributed by atoms with van der Waals surface area (Å²) in [5.74, 6) is 1.65. The highest BCUT2D eigenvalue weighted by Gasteiger charge is 2.12. The summed E-state index contributed by atoms with van der Waals surface area (Å²) in [5.41, 5.74) is 4.07. The predicted molar refractivity (Wildman–Crippen MR) is 135 cm³/mol. The van der Waals surface area contributed by atoms with Crippen LogP contribution in [0.1, 0.15) is 15.9 Å². The van der Waals surface area contributed by atoms with Crippen LogP contribution in [0.15, 0.2) is 91.0 Å². The fourth-order valence-electron chi connectivity index (χ4n) is 3.52. The van der Waals surface area contributed by atoms with Gasteiger partial charge in [-0.1, -0.05) is 54.1 Å². The molecule has 0 fully saturated rings. The molecule has 4 rings (SSSR count). The molecule has 0 aliphatic carbocycles. The van der Waals surface area contributed by atoms with Crippen molar-refractivity contribution in [1.82, 2.24) is 0 Å². The number of anilines is 1. The van der Waals surface area contributed by atoms with E-state index in [9.17, 15) is 4.79 Å². The van der Waals surface area contributed by atoms with Crippen molar-refractivity contribution >= 4 is 23.2 Å². The highest BCUT2D eigenvalue weighted by Crippen LogP contribution is 2.28. The zero-order valence-corrected chi connectivity index (χ0v) is 19.6. The lowest BCUT2D eigenvalue weighted by atomic mass is 10.1. The third-order valence-corrected chi connectivity index (χ3v) is 5.60. The number of ether oxygens (including phenoxy) is 3. The third kappa shape index (κ3) is 5.50. The van der Waals surface area contributed by atoms with Gasteiger partial charge in [0.25, 0.3) is 5.91 Å². The van der Waals surface area contributed by atoms with Crippen molar-refractivity contribution in [3.63, 3.8) is 0 Å². The predicted octanol–water partition coefficient (Wildman–Crippen LogP) is 6.86. The van der Waals surface area contributed by atoms with E-state index in [4.69, 9.17) is 25.8 Å². The van der Waals surface area contributed by atoms with E-state index in [2.05, 4.69) is 17.4 Å². The maximum atomic E-state index is 12.8. The summed E-state index contributed by atoms with van der Waals surface area (Å²) in [6.45, 7) is 0.253. The standard InChI is InChI=1S/C28H24ClNO4/c1-32-26-14-10-21(28(31)30-23-11-15-27(33-2)25(29)17-23)16-22(26)18-34-24-12-8-20(9-13-24)19-6-4-3-5-7-19/h3-17H,18H2,1-2H3,(H,30,31). The van der Waals surface area contributed by atoms with Gasteiger partial charge in [0.15, 0.2) is 0 Å². The van der Waals surface area contributed by atoms with Crippen molar-refractivity contribution in [2.24, 2.45) is 0 Å². The summed E-state index contributed by atoms with van der Waals surface area (Å²) < 4.78 is 16.6. The Morgan fingerprint density at radius 1 is 0.794 bits per heavy atom. The summed E-state index contributed by atoms with van der Waals surface area (Å²) in [6.07, 6.45) is 0. The average Bonchev–Trinajstić information content (AvgIpc) is 2.88. The second kappa shape index (κ2) is 10.8. The molecular formula is C28H24ClNO4. The van der Waals surface area contributed by atoms with Crippen molar-refractivity contribution in [2.75, 3.05) is 19.5 Å². The fourth-order valence-corrected chi connectivity index (χ4v) is 3.77. The van der Waals surface area contributed by atoms with Crippen LogP contribution in [0.4, 0.5) is 5.69 Å². The van der Waals surface area contributed by atoms with Crippen LogP contribution < -0.4 is 19.5 Å². The number of hydrogen-bond acceptors (Lipinski definition) is 4. The van der Waals surface area contributed by atoms with Gasteiger partial charge >= 0.3 is 0 Å². The monoisotopic (exact) mass is 473 g/mol. The Bertz CT molecular complexity index is 1270. The van der Waals surface area contributed by atoms with Crippen LogP contribution in [0.5, 0.6) is 17.2 Å². The largest absolute Gasteiger partial charge is 0.496 e. The van der Waals surface area contributed by atoms with Crippen LogP contribution in [-0.2, 0) is 6.61 Å². The minimum atomic E-state index is -0.266. The number of carbonyl (C=O) groups excluding carboxylic acids is 1. The van der Waals surface area contributed by atoms with E-state index in [1.807, 2.05) is 42.5 Å². The van der Waals surface area contributed by atoms with Crippen LogP contribution in [-0.4, -0.2) is 20.1 Å². The molecule has 0 atom stereocenters. The normalized spacial score (nSPS) is 10.4. The van der Waals surface area contributed by atoms with Gasteiger partial charge in [-0.25, -0.2) is 0 Å². The van der Waals surface area contributed by atoms with Gasteiger partial charge < -0.3 is 19.5 Å². The number of halogens is 1. The second-order valence-electron chi connectivity index (χ2n) is 7.51. The summed E-state index contributed by atoms with van der Waals surface area (Å²) in [6, 6.07) is 28.4. The molecule has 0 saturated carbocycles. The van der Waals surface area contributed by atoms with Crippen LogP contribution in [0.25, 0.3) is 11.1 Å². The molecule has 172 valence electrons. The van der Waals surface area contributed by atoms with Crippen molar-refractivity contribution in [1.29, 1.82) is 0 Å². The van der Waals surface area contributed by atoms with Gasteiger partial charge in [0.1, 0.15) is 23.9 Å². The maximum absolute atomic E-state index is 12.8. The number of benzene rings is 4. The molecular weight excluding hydrogens is 450 g/mol. The van der Waals surface area contributed by atoms with Gasteiger partial charge in [-0.2, -0.15) is 0 Å². The van der Waals surface area contributed by atoms with Gasteiger partial charge in [0.2, 0.25) is 0 Å². The molecule has 4 aromatic carbocycles. The number of amides is 1. The van der Waals surface area contributed by atoms with E-state index in [1.165, 1.54) is 7.11 Å². The lowest BCUT2D eigenvalue weighted by Gasteiger charge is -2.13. The van der Waals surface area contributed by atoms with Gasteiger partial charge in [0, 0.05) is 16.8 Å². The molecule has 34 heavy (non-hydrogen) atoms. The SMILES string of the molecule is COc1ccc(NC(=O)c2ccc(OC)c(COc3ccc(-c4ccccc4)cc3)c2)cc1Cl. The lowest BCUT2D eigenvalue weighted by Crippen LogP contribution is -2.13. The summed E-state index contributed by atoms with van der Waals surface area (Å²) in [5, 5.41) is 3.27. The molecule has 0 radical (unpaired) electrons. The molecule has 1 N–H and O–H groups in total. The van der Waals surface area contributed by atoms with E-state index >= 15 is 0 Å². The zero-order chi connectivity index (χ0) is 23.9. The first kappa shape index (κ1) is 23.2. The molecule has 5 nitrogen and oxygen atoms in total. The molecule has 0 aliphatic rings. The van der Waals surface area contributed by atoms with Crippen molar-refractivity contribution < 1.29 is 19.0 Å². The zero-order valence-electron chi connectivity index (χ0n) is 18.9. The molecule has 0 heterocycles. The van der Waals surface area contributed by atoms with E-state index in [1.54, 1.807) is 43.5 Å². The van der Waals surface area contributed by atoms with Crippen molar-refractivity contribution in [2.45, 2.75) is 6.61 Å². The van der Waals surface area contributed by atoms with Gasteiger partial charge in [-0.15, -0.1) is 0 Å². The lowest BCUT2D eigenvalue weighted by molar-refractivity contribution is 0.102. The van der Waals surface area contributed by atoms with E-state index in [-0.39, 0.29) is 12.5 Å². The maximum Gasteiger partial charge on any atom is 0.255 e. The summed E-state index contributed by atoms with van der Waals surface area (Å²) in [4.78, 5) is 12.8. The molecule has 0 saturated heterocycles. The van der Waals surface area contributed by atoms with E-state index in [0.717, 1.165) is 22.4 Å². The van der Waals surface area contributed by atoms with Gasteiger partial charge in [0.05, 0.1) is 19.2 Å².